The third-order valence-electron chi connectivity index (χ3n) is 3.45. The summed E-state index contributed by atoms with van der Waals surface area (Å²) in [5, 5.41) is 8.85. The van der Waals surface area contributed by atoms with Gasteiger partial charge in [-0.15, -0.1) is 0 Å². The third kappa shape index (κ3) is 4.16. The number of likely N-dealkylation sites (N-methyl/N-ethyl adjacent to an activating group) is 1. The van der Waals surface area contributed by atoms with Crippen LogP contribution in [0.3, 0.4) is 0 Å². The normalized spacial score (nSPS) is 12.6. The highest BCUT2D eigenvalue weighted by Gasteiger charge is 2.25. The van der Waals surface area contributed by atoms with Gasteiger partial charge in [0.15, 0.2) is 0 Å². The number of hydrogen-bond donors (Lipinski definition) is 3. The second-order valence-electron chi connectivity index (χ2n) is 5.59. The number of anilines is 1. The van der Waals surface area contributed by atoms with Crippen LogP contribution in [-0.4, -0.2) is 50.6 Å². The van der Waals surface area contributed by atoms with E-state index in [1.807, 2.05) is 32.8 Å². The summed E-state index contributed by atoms with van der Waals surface area (Å²) >= 11 is 0. The summed E-state index contributed by atoms with van der Waals surface area (Å²) in [5.74, 6) is -1.16. The van der Waals surface area contributed by atoms with E-state index in [0.29, 0.717) is 0 Å². The van der Waals surface area contributed by atoms with Crippen LogP contribution >= 0.6 is 0 Å². The first-order valence-electron chi connectivity index (χ1n) is 6.27. The summed E-state index contributed by atoms with van der Waals surface area (Å²) in [6.45, 7) is 3.99. The van der Waals surface area contributed by atoms with Crippen molar-refractivity contribution >= 4 is 21.7 Å². The molecule has 0 saturated carbocycles. The zero-order valence-corrected chi connectivity index (χ0v) is 13.4. The van der Waals surface area contributed by atoms with E-state index in [2.05, 4.69) is 4.72 Å². The standard InChI is InChI=1S/C13H21N3O4S/c1-13(2,16(3)4)8-15-21(19,20)11-6-5-9(12(17)18)7-10(11)14/h5-7,15H,8,14H2,1-4H3,(H,17,18). The van der Waals surface area contributed by atoms with Gasteiger partial charge in [0.2, 0.25) is 10.0 Å². The second-order valence-corrected chi connectivity index (χ2v) is 7.32. The molecule has 0 aliphatic heterocycles. The molecule has 0 atom stereocenters. The summed E-state index contributed by atoms with van der Waals surface area (Å²) in [4.78, 5) is 12.6. The van der Waals surface area contributed by atoms with Gasteiger partial charge in [0.25, 0.3) is 0 Å². The Labute approximate surface area is 124 Å². The smallest absolute Gasteiger partial charge is 0.335 e. The number of hydrogen-bond acceptors (Lipinski definition) is 5. The number of carbonyl (C=O) groups is 1. The SMILES string of the molecule is CN(C)C(C)(C)CNS(=O)(=O)c1ccc(C(=O)O)cc1N. The Hall–Kier alpha value is -1.64. The Balaban J connectivity index is 3.02. The molecule has 7 nitrogen and oxygen atoms in total. The average molecular weight is 315 g/mol. The molecule has 0 radical (unpaired) electrons. The number of nitrogens with one attached hydrogen (secondary N) is 1. The number of carboxylic acid groups (broad SMARTS) is 1. The molecule has 0 amide bonds. The van der Waals surface area contributed by atoms with Gasteiger partial charge in [-0.2, -0.15) is 0 Å². The molecule has 0 fully saturated rings. The van der Waals surface area contributed by atoms with Crippen LogP contribution in [0, 0.1) is 0 Å². The minimum absolute atomic E-state index is 0.0555. The van der Waals surface area contributed by atoms with Gasteiger partial charge in [-0.1, -0.05) is 0 Å². The molecule has 0 aliphatic carbocycles. The zero-order chi connectivity index (χ0) is 16.4. The van der Waals surface area contributed by atoms with Gasteiger partial charge >= 0.3 is 5.97 Å². The molecule has 0 spiro atoms. The average Bonchev–Trinajstić information content (AvgIpc) is 2.36. The molecule has 0 saturated heterocycles. The number of nitrogen functional groups attached to an aromatic ring is 1. The second kappa shape index (κ2) is 6.00. The fourth-order valence-electron chi connectivity index (χ4n) is 1.43. The highest BCUT2D eigenvalue weighted by molar-refractivity contribution is 7.89. The van der Waals surface area contributed by atoms with Crippen LogP contribution in [0.2, 0.25) is 0 Å². The number of rotatable bonds is 6. The Morgan fingerprint density at radius 3 is 2.38 bits per heavy atom. The molecular weight excluding hydrogens is 294 g/mol. The predicted octanol–water partition coefficient (Wildman–Crippen LogP) is 0.586. The van der Waals surface area contributed by atoms with E-state index in [-0.39, 0.29) is 28.2 Å². The number of nitrogens with zero attached hydrogens (tertiary/aromatic N) is 1. The molecule has 4 N–H and O–H groups in total. The summed E-state index contributed by atoms with van der Waals surface area (Å²) < 4.78 is 27.0. The minimum Gasteiger partial charge on any atom is -0.478 e. The van der Waals surface area contributed by atoms with Crippen molar-refractivity contribution in [2.24, 2.45) is 0 Å². The molecule has 0 aromatic heterocycles. The first kappa shape index (κ1) is 17.4. The fourth-order valence-corrected chi connectivity index (χ4v) is 2.75. The molecular formula is C13H21N3O4S. The molecule has 8 heteroatoms. The lowest BCUT2D eigenvalue weighted by Gasteiger charge is -2.32. The predicted molar refractivity (Wildman–Crippen MR) is 80.8 cm³/mol. The zero-order valence-electron chi connectivity index (χ0n) is 12.5. The van der Waals surface area contributed by atoms with E-state index in [9.17, 15) is 13.2 Å². The van der Waals surface area contributed by atoms with Crippen molar-refractivity contribution < 1.29 is 18.3 Å². The molecule has 0 aliphatic rings. The van der Waals surface area contributed by atoms with Gasteiger partial charge in [0.1, 0.15) is 4.90 Å². The number of carboxylic acids is 1. The maximum atomic E-state index is 12.2. The van der Waals surface area contributed by atoms with Gasteiger partial charge in [0, 0.05) is 12.1 Å². The van der Waals surface area contributed by atoms with Crippen molar-refractivity contribution in [3.05, 3.63) is 23.8 Å². The van der Waals surface area contributed by atoms with Crippen molar-refractivity contribution in [3.8, 4) is 0 Å². The Morgan fingerprint density at radius 2 is 1.95 bits per heavy atom. The summed E-state index contributed by atoms with van der Waals surface area (Å²) in [5.41, 5.74) is 5.13. The highest BCUT2D eigenvalue weighted by atomic mass is 32.2. The van der Waals surface area contributed by atoms with Crippen molar-refractivity contribution in [1.29, 1.82) is 0 Å². The lowest BCUT2D eigenvalue weighted by Crippen LogP contribution is -2.48. The number of aromatic carboxylic acids is 1. The summed E-state index contributed by atoms with van der Waals surface area (Å²) in [6, 6.07) is 3.54. The summed E-state index contributed by atoms with van der Waals surface area (Å²) in [7, 11) is -0.0917. The van der Waals surface area contributed by atoms with Crippen LogP contribution < -0.4 is 10.5 Å². The lowest BCUT2D eigenvalue weighted by atomic mass is 10.1. The largest absolute Gasteiger partial charge is 0.478 e. The maximum absolute atomic E-state index is 12.2. The van der Waals surface area contributed by atoms with Crippen LogP contribution in [0.5, 0.6) is 0 Å². The molecule has 118 valence electrons. The van der Waals surface area contributed by atoms with Crippen LogP contribution in [0.4, 0.5) is 5.69 Å². The van der Waals surface area contributed by atoms with Crippen LogP contribution in [0.15, 0.2) is 23.1 Å². The Bertz CT molecular complexity index is 639. The molecule has 1 aromatic rings. The molecule has 0 heterocycles. The van der Waals surface area contributed by atoms with E-state index < -0.39 is 16.0 Å². The van der Waals surface area contributed by atoms with E-state index in [4.69, 9.17) is 10.8 Å². The van der Waals surface area contributed by atoms with Gasteiger partial charge in [-0.05, 0) is 46.1 Å². The van der Waals surface area contributed by atoms with E-state index >= 15 is 0 Å². The Kier molecular flexibility index (Phi) is 4.98. The van der Waals surface area contributed by atoms with Gasteiger partial charge in [0.05, 0.1) is 11.3 Å². The molecule has 21 heavy (non-hydrogen) atoms. The van der Waals surface area contributed by atoms with Crippen LogP contribution in [-0.2, 0) is 10.0 Å². The van der Waals surface area contributed by atoms with Gasteiger partial charge in [-0.25, -0.2) is 17.9 Å². The van der Waals surface area contributed by atoms with Crippen molar-refractivity contribution in [2.75, 3.05) is 26.4 Å². The Morgan fingerprint density at radius 1 is 1.38 bits per heavy atom. The molecule has 0 unspecified atom stereocenters. The monoisotopic (exact) mass is 315 g/mol. The van der Waals surface area contributed by atoms with E-state index in [1.165, 1.54) is 12.1 Å². The third-order valence-corrected chi connectivity index (χ3v) is 4.93. The quantitative estimate of drug-likeness (QED) is 0.662. The molecule has 1 aromatic carbocycles. The lowest BCUT2D eigenvalue weighted by molar-refractivity contribution is 0.0697. The number of benzene rings is 1. The number of nitrogens with two attached hydrogens (primary N) is 1. The summed E-state index contributed by atoms with van der Waals surface area (Å²) in [6.07, 6.45) is 0. The first-order valence-corrected chi connectivity index (χ1v) is 7.75. The van der Waals surface area contributed by atoms with Crippen molar-refractivity contribution in [3.63, 3.8) is 0 Å². The van der Waals surface area contributed by atoms with Crippen molar-refractivity contribution in [1.82, 2.24) is 9.62 Å². The van der Waals surface area contributed by atoms with Gasteiger partial charge < -0.3 is 15.7 Å². The maximum Gasteiger partial charge on any atom is 0.335 e. The van der Waals surface area contributed by atoms with Crippen LogP contribution in [0.25, 0.3) is 0 Å². The fraction of sp³-hybridized carbons (Fsp3) is 0.462. The van der Waals surface area contributed by atoms with Crippen LogP contribution in [0.1, 0.15) is 24.2 Å². The molecule has 1 rings (SSSR count). The topological polar surface area (TPSA) is 113 Å². The van der Waals surface area contributed by atoms with E-state index in [0.717, 1.165) is 6.07 Å². The minimum atomic E-state index is -3.79. The number of sulfonamides is 1. The first-order chi connectivity index (χ1) is 9.47. The molecule has 0 bridgehead atoms. The van der Waals surface area contributed by atoms with Crippen molar-refractivity contribution in [2.45, 2.75) is 24.3 Å². The van der Waals surface area contributed by atoms with E-state index in [1.54, 1.807) is 0 Å². The van der Waals surface area contributed by atoms with Gasteiger partial charge in [-0.3, -0.25) is 0 Å². The highest BCUT2D eigenvalue weighted by Crippen LogP contribution is 2.20.